The number of amides is 2. The lowest BCUT2D eigenvalue weighted by atomic mass is 10.0. The molecule has 0 saturated carbocycles. The predicted octanol–water partition coefficient (Wildman–Crippen LogP) is 4.46. The molecule has 0 spiro atoms. The lowest BCUT2D eigenvalue weighted by Crippen LogP contribution is -2.46. The van der Waals surface area contributed by atoms with Crippen LogP contribution in [0, 0.1) is 6.92 Å². The number of aromatic nitrogens is 2. The molecule has 5 rings (SSSR count). The average molecular weight is 474 g/mol. The number of pyridine rings is 2. The van der Waals surface area contributed by atoms with Crippen LogP contribution in [-0.4, -0.2) is 58.7 Å². The lowest BCUT2D eigenvalue weighted by molar-refractivity contribution is -0.115. The van der Waals surface area contributed by atoms with Crippen LogP contribution in [0.25, 0.3) is 28.2 Å². The van der Waals surface area contributed by atoms with Crippen molar-refractivity contribution in [3.05, 3.63) is 58.8 Å². The molecule has 2 aromatic heterocycles. The fourth-order valence-corrected chi connectivity index (χ4v) is 5.28. The fourth-order valence-electron chi connectivity index (χ4n) is 4.62. The van der Waals surface area contributed by atoms with Crippen molar-refractivity contribution in [3.8, 4) is 11.1 Å². The number of carbonyl (C=O) groups is 2. The first-order valence-electron chi connectivity index (χ1n) is 11.6. The number of benzene rings is 1. The van der Waals surface area contributed by atoms with E-state index in [1.165, 1.54) is 24.2 Å². The van der Waals surface area contributed by atoms with Gasteiger partial charge in [0.2, 0.25) is 0 Å². The molecule has 2 saturated heterocycles. The summed E-state index contributed by atoms with van der Waals surface area (Å²) < 4.78 is 0. The maximum absolute atomic E-state index is 11.9. The third-order valence-electron chi connectivity index (χ3n) is 6.29. The van der Waals surface area contributed by atoms with Gasteiger partial charge in [0.05, 0.1) is 21.6 Å². The number of rotatable bonds is 5. The molecule has 0 aliphatic carbocycles. The summed E-state index contributed by atoms with van der Waals surface area (Å²) in [7, 11) is 0. The standard InChI is InChI=1S/C26H27N5O2S/c1-3-10-30-11-13-31(14-12-30)22-7-4-18(15-17(22)2)20-8-9-27-21-6-5-19(28-24(20)21)16-23-25(32)29-26(33)34-23/h4-9,15-16H,3,10-14H2,1-2H3,(H,29,32,33). The van der Waals surface area contributed by atoms with E-state index in [0.717, 1.165) is 60.1 Å². The van der Waals surface area contributed by atoms with Crippen molar-refractivity contribution in [2.45, 2.75) is 20.3 Å². The Balaban J connectivity index is 1.45. The first kappa shape index (κ1) is 22.6. The minimum Gasteiger partial charge on any atom is -0.369 e. The van der Waals surface area contributed by atoms with E-state index in [1.807, 2.05) is 18.2 Å². The van der Waals surface area contributed by atoms with Gasteiger partial charge < -0.3 is 4.90 Å². The SMILES string of the molecule is CCCN1CCN(c2ccc(-c3ccnc4ccc(C=C5SC(=O)NC5=O)nc34)cc2C)CC1. The zero-order chi connectivity index (χ0) is 23.7. The normalized spacial score (nSPS) is 18.2. The van der Waals surface area contributed by atoms with Gasteiger partial charge in [-0.25, -0.2) is 4.98 Å². The molecule has 1 aromatic carbocycles. The topological polar surface area (TPSA) is 78.4 Å². The number of anilines is 1. The van der Waals surface area contributed by atoms with Crippen molar-refractivity contribution < 1.29 is 9.59 Å². The number of hydrogen-bond donors (Lipinski definition) is 1. The van der Waals surface area contributed by atoms with Crippen LogP contribution in [0.15, 0.2) is 47.5 Å². The second-order valence-corrected chi connectivity index (χ2v) is 9.66. The third kappa shape index (κ3) is 4.56. The van der Waals surface area contributed by atoms with Gasteiger partial charge in [-0.05, 0) is 79.2 Å². The zero-order valence-corrected chi connectivity index (χ0v) is 20.2. The average Bonchev–Trinajstić information content (AvgIpc) is 3.15. The summed E-state index contributed by atoms with van der Waals surface area (Å²) in [6.07, 6.45) is 4.64. The number of nitrogens with zero attached hydrogens (tertiary/aromatic N) is 4. The highest BCUT2D eigenvalue weighted by atomic mass is 32.2. The number of piperazine rings is 1. The molecule has 0 unspecified atom stereocenters. The van der Waals surface area contributed by atoms with Crippen molar-refractivity contribution in [1.82, 2.24) is 20.2 Å². The van der Waals surface area contributed by atoms with E-state index in [0.29, 0.717) is 10.6 Å². The maximum atomic E-state index is 11.9. The van der Waals surface area contributed by atoms with Crippen molar-refractivity contribution in [3.63, 3.8) is 0 Å². The molecule has 8 heteroatoms. The predicted molar refractivity (Wildman–Crippen MR) is 138 cm³/mol. The van der Waals surface area contributed by atoms with Gasteiger partial charge in [0.25, 0.3) is 11.1 Å². The highest BCUT2D eigenvalue weighted by Gasteiger charge is 2.25. The van der Waals surface area contributed by atoms with Crippen LogP contribution in [0.3, 0.4) is 0 Å². The van der Waals surface area contributed by atoms with E-state index >= 15 is 0 Å². The number of nitrogens with one attached hydrogen (secondary N) is 1. The molecule has 2 aliphatic rings. The summed E-state index contributed by atoms with van der Waals surface area (Å²) in [6.45, 7) is 9.88. The summed E-state index contributed by atoms with van der Waals surface area (Å²) in [5.74, 6) is -0.384. The summed E-state index contributed by atoms with van der Waals surface area (Å²) in [4.78, 5) is 38.0. The second-order valence-electron chi connectivity index (χ2n) is 8.64. The summed E-state index contributed by atoms with van der Waals surface area (Å²) in [6, 6.07) is 12.3. The molecule has 3 aromatic rings. The molecule has 0 atom stereocenters. The number of imide groups is 1. The quantitative estimate of drug-likeness (QED) is 0.548. The summed E-state index contributed by atoms with van der Waals surface area (Å²) in [5, 5.41) is 1.92. The van der Waals surface area contributed by atoms with Crippen molar-refractivity contribution >= 4 is 45.7 Å². The number of aryl methyl sites for hydroxylation is 1. The minimum atomic E-state index is -0.384. The molecule has 4 heterocycles. The van der Waals surface area contributed by atoms with Gasteiger partial charge in [-0.3, -0.25) is 24.8 Å². The van der Waals surface area contributed by atoms with Crippen LogP contribution >= 0.6 is 11.8 Å². The Bertz CT molecular complexity index is 1300. The number of thioether (sulfide) groups is 1. The Labute approximate surface area is 203 Å². The highest BCUT2D eigenvalue weighted by molar-refractivity contribution is 8.18. The van der Waals surface area contributed by atoms with Crippen LogP contribution in [0.5, 0.6) is 0 Å². The Morgan fingerprint density at radius 2 is 1.91 bits per heavy atom. The van der Waals surface area contributed by atoms with Gasteiger partial charge in [0.15, 0.2) is 0 Å². The van der Waals surface area contributed by atoms with E-state index in [-0.39, 0.29) is 11.1 Å². The first-order chi connectivity index (χ1) is 16.5. The molecule has 7 nitrogen and oxygen atoms in total. The largest absolute Gasteiger partial charge is 0.369 e. The van der Waals surface area contributed by atoms with Crippen molar-refractivity contribution in [1.29, 1.82) is 0 Å². The molecule has 174 valence electrons. The van der Waals surface area contributed by atoms with Crippen LogP contribution in [0.2, 0.25) is 0 Å². The van der Waals surface area contributed by atoms with E-state index in [2.05, 4.69) is 52.1 Å². The highest BCUT2D eigenvalue weighted by Crippen LogP contribution is 2.32. The van der Waals surface area contributed by atoms with Crippen LogP contribution in [-0.2, 0) is 4.79 Å². The van der Waals surface area contributed by atoms with Gasteiger partial charge in [-0.15, -0.1) is 0 Å². The molecule has 34 heavy (non-hydrogen) atoms. The summed E-state index contributed by atoms with van der Waals surface area (Å²) >= 11 is 0.892. The van der Waals surface area contributed by atoms with Gasteiger partial charge in [-0.1, -0.05) is 13.0 Å². The maximum Gasteiger partial charge on any atom is 0.290 e. The Kier molecular flexibility index (Phi) is 6.34. The van der Waals surface area contributed by atoms with Gasteiger partial charge in [-0.2, -0.15) is 0 Å². The van der Waals surface area contributed by atoms with E-state index in [4.69, 9.17) is 4.98 Å². The van der Waals surface area contributed by atoms with Crippen LogP contribution in [0.1, 0.15) is 24.6 Å². The van der Waals surface area contributed by atoms with Crippen molar-refractivity contribution in [2.24, 2.45) is 0 Å². The molecule has 2 fully saturated rings. The van der Waals surface area contributed by atoms with Gasteiger partial charge in [0.1, 0.15) is 0 Å². The number of carbonyl (C=O) groups excluding carboxylic acids is 2. The lowest BCUT2D eigenvalue weighted by Gasteiger charge is -2.36. The molecule has 2 aliphatic heterocycles. The van der Waals surface area contributed by atoms with Crippen LogP contribution in [0.4, 0.5) is 10.5 Å². The minimum absolute atomic E-state index is 0.349. The van der Waals surface area contributed by atoms with E-state index in [1.54, 1.807) is 12.3 Å². The Morgan fingerprint density at radius 3 is 2.62 bits per heavy atom. The number of fused-ring (bicyclic) bond motifs is 1. The molecule has 0 bridgehead atoms. The Morgan fingerprint density at radius 1 is 1.09 bits per heavy atom. The van der Waals surface area contributed by atoms with Gasteiger partial charge in [0, 0.05) is 43.6 Å². The molecule has 0 radical (unpaired) electrons. The molecular weight excluding hydrogens is 446 g/mol. The fraction of sp³-hybridized carbons (Fsp3) is 0.308. The molecular formula is C26H27N5O2S. The smallest absolute Gasteiger partial charge is 0.290 e. The summed E-state index contributed by atoms with van der Waals surface area (Å²) in [5.41, 5.74) is 6.77. The third-order valence-corrected chi connectivity index (χ3v) is 7.10. The Hall–Kier alpha value is -3.23. The van der Waals surface area contributed by atoms with Gasteiger partial charge >= 0.3 is 0 Å². The first-order valence-corrected chi connectivity index (χ1v) is 12.4. The monoisotopic (exact) mass is 473 g/mol. The molecule has 2 amide bonds. The van der Waals surface area contributed by atoms with E-state index in [9.17, 15) is 9.59 Å². The second kappa shape index (κ2) is 9.56. The number of hydrogen-bond acceptors (Lipinski definition) is 7. The molecule has 1 N–H and O–H groups in total. The zero-order valence-electron chi connectivity index (χ0n) is 19.4. The van der Waals surface area contributed by atoms with E-state index < -0.39 is 0 Å². The van der Waals surface area contributed by atoms with Crippen molar-refractivity contribution in [2.75, 3.05) is 37.6 Å². The van der Waals surface area contributed by atoms with Crippen LogP contribution < -0.4 is 10.2 Å².